The molecule has 0 saturated heterocycles. The first-order chi connectivity index (χ1) is 14.9. The second-order valence-corrected chi connectivity index (χ2v) is 7.25. The van der Waals surface area contributed by atoms with Gasteiger partial charge in [0.25, 0.3) is 0 Å². The average molecular weight is 420 g/mol. The summed E-state index contributed by atoms with van der Waals surface area (Å²) in [6, 6.07) is 16.7. The van der Waals surface area contributed by atoms with Crippen LogP contribution < -0.4 is 5.32 Å². The number of hydrogen-bond donors (Lipinski definition) is 2. The van der Waals surface area contributed by atoms with Crippen LogP contribution in [0.15, 0.2) is 66.7 Å². The van der Waals surface area contributed by atoms with E-state index < -0.39 is 40.3 Å². The fourth-order valence-electron chi connectivity index (χ4n) is 3.95. The Balaban J connectivity index is 1.61. The lowest BCUT2D eigenvalue weighted by atomic mass is 9.95. The third kappa shape index (κ3) is 3.75. The summed E-state index contributed by atoms with van der Waals surface area (Å²) in [5.74, 6) is -3.46. The number of carbonyl (C=O) groups excluding carboxylic acids is 1. The van der Waals surface area contributed by atoms with Crippen LogP contribution in [0.1, 0.15) is 22.6 Å². The zero-order valence-electron chi connectivity index (χ0n) is 16.1. The number of amides is 1. The zero-order valence-corrected chi connectivity index (χ0v) is 16.1. The first-order valence-corrected chi connectivity index (χ1v) is 9.51. The molecule has 0 heterocycles. The molecule has 1 aliphatic carbocycles. The number of carboxylic acids is 1. The molecular formula is C23H17FN2O5. The van der Waals surface area contributed by atoms with E-state index in [0.29, 0.717) is 0 Å². The highest BCUT2D eigenvalue weighted by molar-refractivity contribution is 5.97. The van der Waals surface area contributed by atoms with Crippen LogP contribution in [-0.2, 0) is 16.0 Å². The van der Waals surface area contributed by atoms with E-state index >= 15 is 0 Å². The molecule has 3 aromatic rings. The standard InChI is InChI=1S/C23H17FN2O5/c24-18-10-9-13(12-20(18)26(30)31)11-19(23(28)29)25-22(27)21-16-7-3-1-5-14(16)15-6-2-4-8-17(15)21/h1-10,12,19,21H,11H2,(H,25,27)(H,28,29)/t19-/m1/s1. The molecule has 7 nitrogen and oxygen atoms in total. The van der Waals surface area contributed by atoms with Crippen LogP contribution >= 0.6 is 0 Å². The van der Waals surface area contributed by atoms with Gasteiger partial charge in [-0.15, -0.1) is 0 Å². The summed E-state index contributed by atoms with van der Waals surface area (Å²) in [4.78, 5) is 35.1. The van der Waals surface area contributed by atoms with Crippen molar-refractivity contribution in [1.29, 1.82) is 0 Å². The molecule has 2 N–H and O–H groups in total. The predicted molar refractivity (Wildman–Crippen MR) is 110 cm³/mol. The Hall–Kier alpha value is -4.07. The number of aliphatic carboxylic acids is 1. The number of fused-ring (bicyclic) bond motifs is 3. The van der Waals surface area contributed by atoms with Crippen molar-refractivity contribution in [3.05, 3.63) is 99.4 Å². The lowest BCUT2D eigenvalue weighted by Gasteiger charge is -2.19. The van der Waals surface area contributed by atoms with E-state index in [1.165, 1.54) is 6.07 Å². The van der Waals surface area contributed by atoms with E-state index in [1.807, 2.05) is 48.5 Å². The minimum absolute atomic E-state index is 0.224. The van der Waals surface area contributed by atoms with Crippen molar-refractivity contribution in [3.8, 4) is 11.1 Å². The van der Waals surface area contributed by atoms with Crippen LogP contribution in [0, 0.1) is 15.9 Å². The average Bonchev–Trinajstić information content (AvgIpc) is 3.09. The Morgan fingerprint density at radius 2 is 1.61 bits per heavy atom. The Labute approximate surface area is 176 Å². The second kappa shape index (κ2) is 7.98. The molecule has 156 valence electrons. The fraction of sp³-hybridized carbons (Fsp3) is 0.130. The molecule has 1 amide bonds. The molecule has 1 aliphatic rings. The number of benzene rings is 3. The van der Waals surface area contributed by atoms with Gasteiger partial charge in [0, 0.05) is 12.5 Å². The molecule has 0 saturated carbocycles. The van der Waals surface area contributed by atoms with Crippen molar-refractivity contribution >= 4 is 17.6 Å². The van der Waals surface area contributed by atoms with Gasteiger partial charge in [-0.3, -0.25) is 14.9 Å². The second-order valence-electron chi connectivity index (χ2n) is 7.25. The molecule has 31 heavy (non-hydrogen) atoms. The lowest BCUT2D eigenvalue weighted by Crippen LogP contribution is -2.44. The highest BCUT2D eigenvalue weighted by Gasteiger charge is 2.35. The molecule has 0 spiro atoms. The summed E-state index contributed by atoms with van der Waals surface area (Å²) in [7, 11) is 0. The van der Waals surface area contributed by atoms with Gasteiger partial charge in [-0.2, -0.15) is 4.39 Å². The van der Waals surface area contributed by atoms with Gasteiger partial charge in [0.05, 0.1) is 10.8 Å². The highest BCUT2D eigenvalue weighted by Crippen LogP contribution is 2.44. The largest absolute Gasteiger partial charge is 0.480 e. The van der Waals surface area contributed by atoms with Crippen molar-refractivity contribution in [3.63, 3.8) is 0 Å². The van der Waals surface area contributed by atoms with Crippen molar-refractivity contribution in [2.45, 2.75) is 18.4 Å². The fourth-order valence-corrected chi connectivity index (χ4v) is 3.95. The molecule has 4 rings (SSSR count). The molecule has 0 aliphatic heterocycles. The van der Waals surface area contributed by atoms with Crippen molar-refractivity contribution in [2.24, 2.45) is 0 Å². The Kier molecular flexibility index (Phi) is 5.21. The molecule has 8 heteroatoms. The van der Waals surface area contributed by atoms with Gasteiger partial charge in [-0.05, 0) is 33.9 Å². The number of nitro benzene ring substituents is 1. The molecule has 1 atom stereocenters. The quantitative estimate of drug-likeness (QED) is 0.467. The van der Waals surface area contributed by atoms with Crippen molar-refractivity contribution in [2.75, 3.05) is 0 Å². The summed E-state index contributed by atoms with van der Waals surface area (Å²) in [5.41, 5.74) is 2.88. The summed E-state index contributed by atoms with van der Waals surface area (Å²) >= 11 is 0. The normalized spacial score (nSPS) is 13.2. The third-order valence-corrected chi connectivity index (χ3v) is 5.36. The van der Waals surface area contributed by atoms with Gasteiger partial charge in [0.2, 0.25) is 11.7 Å². The smallest absolute Gasteiger partial charge is 0.326 e. The van der Waals surface area contributed by atoms with Gasteiger partial charge in [0.15, 0.2) is 0 Å². The number of rotatable bonds is 6. The van der Waals surface area contributed by atoms with Gasteiger partial charge in [-0.1, -0.05) is 54.6 Å². The minimum Gasteiger partial charge on any atom is -0.480 e. The number of carbonyl (C=O) groups is 2. The van der Waals surface area contributed by atoms with Crippen LogP contribution in [0.4, 0.5) is 10.1 Å². The molecule has 0 aromatic heterocycles. The minimum atomic E-state index is -1.34. The topological polar surface area (TPSA) is 110 Å². The maximum absolute atomic E-state index is 13.6. The number of carboxylic acid groups (broad SMARTS) is 1. The van der Waals surface area contributed by atoms with Gasteiger partial charge < -0.3 is 10.4 Å². The SMILES string of the molecule is O=C(N[C@H](Cc1ccc(F)c([N+](=O)[O-])c1)C(=O)O)C1c2ccccc2-c2ccccc21. The van der Waals surface area contributed by atoms with Gasteiger partial charge in [-0.25, -0.2) is 4.79 Å². The summed E-state index contributed by atoms with van der Waals surface area (Å²) in [6.45, 7) is 0. The van der Waals surface area contributed by atoms with Crippen LogP contribution in [0.5, 0.6) is 0 Å². The van der Waals surface area contributed by atoms with E-state index in [9.17, 15) is 29.2 Å². The first kappa shape index (κ1) is 20.2. The number of hydrogen-bond acceptors (Lipinski definition) is 4. The molecule has 0 unspecified atom stereocenters. The Morgan fingerprint density at radius 1 is 1.03 bits per heavy atom. The molecule has 0 fully saturated rings. The summed E-state index contributed by atoms with van der Waals surface area (Å²) in [5, 5.41) is 23.1. The van der Waals surface area contributed by atoms with Crippen LogP contribution in [0.25, 0.3) is 11.1 Å². The summed E-state index contributed by atoms with van der Waals surface area (Å²) in [6.07, 6.45) is -0.224. The van der Waals surface area contributed by atoms with E-state index in [1.54, 1.807) is 0 Å². The number of halogens is 1. The Bertz CT molecular complexity index is 1160. The monoisotopic (exact) mass is 420 g/mol. The highest BCUT2D eigenvalue weighted by atomic mass is 19.1. The number of nitrogens with zero attached hydrogens (tertiary/aromatic N) is 1. The van der Waals surface area contributed by atoms with E-state index in [4.69, 9.17) is 0 Å². The van der Waals surface area contributed by atoms with E-state index in [0.717, 1.165) is 34.4 Å². The molecule has 3 aromatic carbocycles. The van der Waals surface area contributed by atoms with Gasteiger partial charge in [0.1, 0.15) is 6.04 Å². The number of nitrogens with one attached hydrogen (secondary N) is 1. The maximum Gasteiger partial charge on any atom is 0.326 e. The first-order valence-electron chi connectivity index (χ1n) is 9.51. The zero-order chi connectivity index (χ0) is 22.1. The number of nitro groups is 1. The maximum atomic E-state index is 13.6. The molecule has 0 radical (unpaired) electrons. The van der Waals surface area contributed by atoms with Crippen LogP contribution in [-0.4, -0.2) is 27.9 Å². The molecular weight excluding hydrogens is 403 g/mol. The van der Waals surface area contributed by atoms with Crippen molar-refractivity contribution in [1.82, 2.24) is 5.32 Å². The lowest BCUT2D eigenvalue weighted by molar-refractivity contribution is -0.387. The van der Waals surface area contributed by atoms with Crippen LogP contribution in [0.2, 0.25) is 0 Å². The van der Waals surface area contributed by atoms with Crippen LogP contribution in [0.3, 0.4) is 0 Å². The van der Waals surface area contributed by atoms with E-state index in [2.05, 4.69) is 5.32 Å². The Morgan fingerprint density at radius 3 is 2.16 bits per heavy atom. The predicted octanol–water partition coefficient (Wildman–Crippen LogP) is 3.66. The summed E-state index contributed by atoms with van der Waals surface area (Å²) < 4.78 is 13.6. The van der Waals surface area contributed by atoms with Gasteiger partial charge >= 0.3 is 11.7 Å². The molecule has 0 bridgehead atoms. The van der Waals surface area contributed by atoms with Crippen molar-refractivity contribution < 1.29 is 24.0 Å². The third-order valence-electron chi connectivity index (χ3n) is 5.36. The van der Waals surface area contributed by atoms with E-state index in [-0.39, 0.29) is 12.0 Å².